The molecule has 5 rings (SSSR count). The Hall–Kier alpha value is -3.98. The average Bonchev–Trinajstić information content (AvgIpc) is 3.53. The van der Waals surface area contributed by atoms with E-state index in [0.717, 1.165) is 17.7 Å². The Morgan fingerprint density at radius 2 is 1.83 bits per heavy atom. The molecular weight excluding hydrogens is 464 g/mol. The Labute approximate surface area is 207 Å². The van der Waals surface area contributed by atoms with Crippen molar-refractivity contribution in [2.75, 3.05) is 25.0 Å². The molecule has 2 heterocycles. The summed E-state index contributed by atoms with van der Waals surface area (Å²) in [5, 5.41) is 12.4. The number of nitrogens with one attached hydrogen (secondary N) is 1. The predicted octanol–water partition coefficient (Wildman–Crippen LogP) is 4.66. The third-order valence-electron chi connectivity index (χ3n) is 5.52. The van der Waals surface area contributed by atoms with E-state index in [9.17, 15) is 4.79 Å². The van der Waals surface area contributed by atoms with E-state index in [1.807, 2.05) is 47.0 Å². The number of methoxy groups -OCH3 is 1. The number of para-hydroxylation sites is 1. The van der Waals surface area contributed by atoms with Crippen molar-refractivity contribution in [3.63, 3.8) is 0 Å². The Kier molecular flexibility index (Phi) is 6.85. The average molecular weight is 489 g/mol. The van der Waals surface area contributed by atoms with E-state index < -0.39 is 0 Å². The van der Waals surface area contributed by atoms with Gasteiger partial charge in [-0.05, 0) is 36.2 Å². The SMILES string of the molecule is COc1ccccc1-c1nnc(SCC(=O)Nc2ccc3c(c2)OCO3)n1CCc1ccccc1. The molecule has 178 valence electrons. The summed E-state index contributed by atoms with van der Waals surface area (Å²) in [4.78, 5) is 12.7. The van der Waals surface area contributed by atoms with Crippen LogP contribution in [0.25, 0.3) is 11.4 Å². The smallest absolute Gasteiger partial charge is 0.234 e. The maximum atomic E-state index is 12.7. The lowest BCUT2D eigenvalue weighted by atomic mass is 10.1. The number of carbonyl (C=O) groups excluding carboxylic acids is 1. The van der Waals surface area contributed by atoms with E-state index in [1.54, 1.807) is 25.3 Å². The second kappa shape index (κ2) is 10.5. The summed E-state index contributed by atoms with van der Waals surface area (Å²) < 4.78 is 18.3. The fraction of sp³-hybridized carbons (Fsp3) is 0.192. The molecule has 0 aliphatic carbocycles. The van der Waals surface area contributed by atoms with Crippen molar-refractivity contribution >= 4 is 23.4 Å². The number of rotatable bonds is 9. The van der Waals surface area contributed by atoms with E-state index >= 15 is 0 Å². The quantitative estimate of drug-likeness (QED) is 0.343. The van der Waals surface area contributed by atoms with Crippen LogP contribution in [0.4, 0.5) is 5.69 Å². The third-order valence-corrected chi connectivity index (χ3v) is 6.49. The van der Waals surface area contributed by atoms with Crippen molar-refractivity contribution in [2.24, 2.45) is 0 Å². The van der Waals surface area contributed by atoms with Crippen molar-refractivity contribution in [1.29, 1.82) is 0 Å². The maximum Gasteiger partial charge on any atom is 0.234 e. The monoisotopic (exact) mass is 488 g/mol. The molecule has 0 unspecified atom stereocenters. The number of aromatic nitrogens is 3. The van der Waals surface area contributed by atoms with Gasteiger partial charge in [0.05, 0.1) is 18.4 Å². The fourth-order valence-electron chi connectivity index (χ4n) is 3.81. The van der Waals surface area contributed by atoms with E-state index in [1.165, 1.54) is 17.3 Å². The number of hydrogen-bond donors (Lipinski definition) is 1. The molecule has 4 aromatic rings. The highest BCUT2D eigenvalue weighted by Crippen LogP contribution is 2.34. The van der Waals surface area contributed by atoms with Gasteiger partial charge < -0.3 is 24.1 Å². The lowest BCUT2D eigenvalue weighted by molar-refractivity contribution is -0.113. The summed E-state index contributed by atoms with van der Waals surface area (Å²) in [5.41, 5.74) is 2.72. The molecule has 1 aromatic heterocycles. The highest BCUT2D eigenvalue weighted by Gasteiger charge is 2.19. The lowest BCUT2D eigenvalue weighted by Crippen LogP contribution is -2.15. The minimum Gasteiger partial charge on any atom is -0.496 e. The van der Waals surface area contributed by atoms with Crippen LogP contribution in [0.5, 0.6) is 17.2 Å². The Morgan fingerprint density at radius 1 is 1.03 bits per heavy atom. The second-order valence-corrected chi connectivity index (χ2v) is 8.74. The number of nitrogens with zero attached hydrogens (tertiary/aromatic N) is 3. The number of aryl methyl sites for hydroxylation is 1. The summed E-state index contributed by atoms with van der Waals surface area (Å²) in [5.74, 6) is 2.76. The molecule has 1 N–H and O–H groups in total. The van der Waals surface area contributed by atoms with Crippen LogP contribution >= 0.6 is 11.8 Å². The highest BCUT2D eigenvalue weighted by atomic mass is 32.2. The van der Waals surface area contributed by atoms with Gasteiger partial charge in [0.15, 0.2) is 22.5 Å². The Morgan fingerprint density at radius 3 is 2.69 bits per heavy atom. The first-order valence-electron chi connectivity index (χ1n) is 11.1. The zero-order valence-electron chi connectivity index (χ0n) is 19.1. The van der Waals surface area contributed by atoms with Crippen LogP contribution in [0, 0.1) is 0 Å². The molecular formula is C26H24N4O4S. The highest BCUT2D eigenvalue weighted by molar-refractivity contribution is 7.99. The molecule has 1 aliphatic heterocycles. The van der Waals surface area contributed by atoms with Crippen molar-refractivity contribution < 1.29 is 19.0 Å². The first-order chi connectivity index (χ1) is 17.2. The van der Waals surface area contributed by atoms with Crippen LogP contribution in [0.2, 0.25) is 0 Å². The van der Waals surface area contributed by atoms with Gasteiger partial charge in [-0.1, -0.05) is 54.2 Å². The van der Waals surface area contributed by atoms with E-state index in [4.69, 9.17) is 14.2 Å². The molecule has 0 bridgehead atoms. The van der Waals surface area contributed by atoms with Gasteiger partial charge >= 0.3 is 0 Å². The van der Waals surface area contributed by atoms with Gasteiger partial charge in [0.25, 0.3) is 0 Å². The number of amides is 1. The van der Waals surface area contributed by atoms with Gasteiger partial charge in [-0.2, -0.15) is 0 Å². The zero-order chi connectivity index (χ0) is 24.0. The summed E-state index contributed by atoms with van der Waals surface area (Å²) in [6.07, 6.45) is 0.804. The van der Waals surface area contributed by atoms with Gasteiger partial charge in [0.1, 0.15) is 5.75 Å². The molecule has 0 saturated heterocycles. The van der Waals surface area contributed by atoms with Crippen LogP contribution in [-0.2, 0) is 17.8 Å². The van der Waals surface area contributed by atoms with E-state index in [0.29, 0.717) is 34.7 Å². The molecule has 9 heteroatoms. The molecule has 0 fully saturated rings. The van der Waals surface area contributed by atoms with E-state index in [-0.39, 0.29) is 18.5 Å². The molecule has 1 aliphatic rings. The Balaban J connectivity index is 1.33. The van der Waals surface area contributed by atoms with Gasteiger partial charge in [0.2, 0.25) is 12.7 Å². The summed E-state index contributed by atoms with van der Waals surface area (Å²) in [6, 6.07) is 23.3. The van der Waals surface area contributed by atoms with Crippen molar-refractivity contribution in [3.8, 4) is 28.6 Å². The zero-order valence-corrected chi connectivity index (χ0v) is 20.0. The topological polar surface area (TPSA) is 87.5 Å². The molecule has 35 heavy (non-hydrogen) atoms. The summed E-state index contributed by atoms with van der Waals surface area (Å²) in [6.45, 7) is 0.853. The third kappa shape index (κ3) is 5.25. The van der Waals surface area contributed by atoms with Gasteiger partial charge in [-0.3, -0.25) is 4.79 Å². The number of thioether (sulfide) groups is 1. The summed E-state index contributed by atoms with van der Waals surface area (Å²) in [7, 11) is 1.64. The van der Waals surface area contributed by atoms with Crippen molar-refractivity contribution in [3.05, 3.63) is 78.4 Å². The van der Waals surface area contributed by atoms with Crippen LogP contribution in [0.3, 0.4) is 0 Å². The number of anilines is 1. The van der Waals surface area contributed by atoms with Crippen LogP contribution in [-0.4, -0.2) is 40.3 Å². The Bertz CT molecular complexity index is 1330. The summed E-state index contributed by atoms with van der Waals surface area (Å²) >= 11 is 1.34. The largest absolute Gasteiger partial charge is 0.496 e. The minimum absolute atomic E-state index is 0.148. The van der Waals surface area contributed by atoms with Gasteiger partial charge in [-0.15, -0.1) is 10.2 Å². The maximum absolute atomic E-state index is 12.7. The first-order valence-corrected chi connectivity index (χ1v) is 12.1. The molecule has 1 amide bonds. The minimum atomic E-state index is -0.148. The fourth-order valence-corrected chi connectivity index (χ4v) is 4.58. The van der Waals surface area contributed by atoms with Crippen molar-refractivity contribution in [2.45, 2.75) is 18.1 Å². The molecule has 0 spiro atoms. The number of carbonyl (C=O) groups is 1. The number of ether oxygens (including phenoxy) is 3. The van der Waals surface area contributed by atoms with Crippen LogP contribution in [0.15, 0.2) is 78.0 Å². The van der Waals surface area contributed by atoms with Crippen LogP contribution < -0.4 is 19.5 Å². The van der Waals surface area contributed by atoms with Crippen LogP contribution in [0.1, 0.15) is 5.56 Å². The predicted molar refractivity (Wildman–Crippen MR) is 134 cm³/mol. The molecule has 0 saturated carbocycles. The second-order valence-electron chi connectivity index (χ2n) is 7.80. The molecule has 0 radical (unpaired) electrons. The molecule has 3 aromatic carbocycles. The standard InChI is InChI=1S/C26H24N4O4S/c1-32-21-10-6-5-9-20(21)25-28-29-26(30(25)14-13-18-7-3-2-4-8-18)35-16-24(31)27-19-11-12-22-23(15-19)34-17-33-22/h2-12,15H,13-14,16-17H2,1H3,(H,27,31). The lowest BCUT2D eigenvalue weighted by Gasteiger charge is -2.12. The molecule has 8 nitrogen and oxygen atoms in total. The number of fused-ring (bicyclic) bond motifs is 1. The van der Waals surface area contributed by atoms with Gasteiger partial charge in [-0.25, -0.2) is 0 Å². The number of benzene rings is 3. The van der Waals surface area contributed by atoms with E-state index in [2.05, 4.69) is 27.6 Å². The first kappa shape index (κ1) is 22.8. The molecule has 0 atom stereocenters. The van der Waals surface area contributed by atoms with Crippen molar-refractivity contribution in [1.82, 2.24) is 14.8 Å². The van der Waals surface area contributed by atoms with Gasteiger partial charge in [0, 0.05) is 18.3 Å². The normalized spacial score (nSPS) is 11.9. The number of hydrogen-bond acceptors (Lipinski definition) is 7.